The first-order valence-electron chi connectivity index (χ1n) is 16.4. The van der Waals surface area contributed by atoms with Gasteiger partial charge >= 0.3 is 5.97 Å². The largest absolute Gasteiger partial charge is 0.508 e. The van der Waals surface area contributed by atoms with Crippen molar-refractivity contribution in [3.63, 3.8) is 0 Å². The van der Waals surface area contributed by atoms with E-state index in [9.17, 15) is 50.4 Å². The maximum atomic E-state index is 14.1. The molecular formula is C34H40O18. The predicted molar refractivity (Wildman–Crippen MR) is 172 cm³/mol. The fraction of sp³-hybridized carbons (Fsp3) is 0.529. The van der Waals surface area contributed by atoms with Gasteiger partial charge in [-0.25, -0.2) is 0 Å². The molecule has 0 amide bonds. The van der Waals surface area contributed by atoms with Gasteiger partial charge < -0.3 is 78.4 Å². The van der Waals surface area contributed by atoms with E-state index in [4.69, 9.17) is 37.6 Å². The summed E-state index contributed by atoms with van der Waals surface area (Å²) >= 11 is 0. The average Bonchev–Trinajstić information content (AvgIpc) is 3.09. The van der Waals surface area contributed by atoms with Crippen LogP contribution in [0.3, 0.4) is 0 Å². The van der Waals surface area contributed by atoms with Crippen molar-refractivity contribution < 1.29 is 83.2 Å². The van der Waals surface area contributed by atoms with Crippen LogP contribution in [0.5, 0.6) is 23.0 Å². The molecule has 0 saturated carbocycles. The number of phenols is 2. The molecule has 13 atom stereocenters. The Labute approximate surface area is 294 Å². The van der Waals surface area contributed by atoms with Gasteiger partial charge in [-0.15, -0.1) is 0 Å². The molecule has 13 unspecified atom stereocenters. The van der Waals surface area contributed by atoms with E-state index in [2.05, 4.69) is 0 Å². The average molecular weight is 737 g/mol. The fourth-order valence-electron chi connectivity index (χ4n) is 6.25. The minimum Gasteiger partial charge on any atom is -0.508 e. The van der Waals surface area contributed by atoms with Crippen molar-refractivity contribution in [2.45, 2.75) is 107 Å². The Bertz CT molecular complexity index is 1800. The molecule has 3 fully saturated rings. The molecule has 18 nitrogen and oxygen atoms in total. The summed E-state index contributed by atoms with van der Waals surface area (Å²) in [7, 11) is 0. The molecule has 284 valence electrons. The Morgan fingerprint density at radius 1 is 0.827 bits per heavy atom. The Morgan fingerprint density at radius 2 is 1.52 bits per heavy atom. The summed E-state index contributed by atoms with van der Waals surface area (Å²) in [5, 5.41) is 81.8. The molecule has 52 heavy (non-hydrogen) atoms. The number of fused-ring (bicyclic) bond motifs is 1. The van der Waals surface area contributed by atoms with E-state index in [1.54, 1.807) is 6.92 Å². The third kappa shape index (κ3) is 7.53. The molecule has 4 heterocycles. The zero-order chi connectivity index (χ0) is 37.6. The molecular weight excluding hydrogens is 696 g/mol. The Kier molecular flexibility index (Phi) is 10.9. The lowest BCUT2D eigenvalue weighted by atomic mass is 10.00. The highest BCUT2D eigenvalue weighted by molar-refractivity contribution is 5.88. The van der Waals surface area contributed by atoms with Gasteiger partial charge in [0.15, 0.2) is 18.2 Å². The van der Waals surface area contributed by atoms with Crippen LogP contribution in [0.25, 0.3) is 22.3 Å². The number of benzene rings is 2. The van der Waals surface area contributed by atoms with E-state index in [0.717, 1.165) is 6.07 Å². The molecule has 18 heteroatoms. The molecule has 8 N–H and O–H groups in total. The summed E-state index contributed by atoms with van der Waals surface area (Å²) in [4.78, 5) is 26.1. The molecule has 3 aliphatic heterocycles. The van der Waals surface area contributed by atoms with Gasteiger partial charge in [-0.1, -0.05) is 0 Å². The minimum atomic E-state index is -1.67. The van der Waals surface area contributed by atoms with Crippen LogP contribution in [0, 0.1) is 0 Å². The van der Waals surface area contributed by atoms with Gasteiger partial charge in [0, 0.05) is 31.0 Å². The summed E-state index contributed by atoms with van der Waals surface area (Å²) in [6, 6.07) is 7.81. The summed E-state index contributed by atoms with van der Waals surface area (Å²) in [6.45, 7) is 3.82. The van der Waals surface area contributed by atoms with Crippen LogP contribution < -0.4 is 14.9 Å². The van der Waals surface area contributed by atoms with Crippen LogP contribution in [-0.2, 0) is 28.5 Å². The van der Waals surface area contributed by atoms with Crippen molar-refractivity contribution in [3.05, 3.63) is 46.6 Å². The van der Waals surface area contributed by atoms with Crippen LogP contribution in [0.15, 0.2) is 45.6 Å². The topological polar surface area (TPSA) is 274 Å². The quantitative estimate of drug-likeness (QED) is 0.133. The number of aliphatic hydroxyl groups is 6. The third-order valence-corrected chi connectivity index (χ3v) is 9.03. The third-order valence-electron chi connectivity index (χ3n) is 9.03. The first-order valence-corrected chi connectivity index (χ1v) is 16.4. The van der Waals surface area contributed by atoms with Crippen molar-refractivity contribution >= 4 is 16.9 Å². The Morgan fingerprint density at radius 3 is 2.21 bits per heavy atom. The summed E-state index contributed by atoms with van der Waals surface area (Å²) < 4.78 is 46.2. The molecule has 0 spiro atoms. The number of rotatable bonds is 8. The lowest BCUT2D eigenvalue weighted by molar-refractivity contribution is -0.314. The van der Waals surface area contributed by atoms with E-state index >= 15 is 0 Å². The highest BCUT2D eigenvalue weighted by Crippen LogP contribution is 2.39. The number of ether oxygens (including phenoxy) is 7. The van der Waals surface area contributed by atoms with Gasteiger partial charge in [-0.05, 0) is 38.1 Å². The van der Waals surface area contributed by atoms with Gasteiger partial charge in [0.05, 0.1) is 18.8 Å². The van der Waals surface area contributed by atoms with Gasteiger partial charge in [0.1, 0.15) is 70.9 Å². The molecule has 0 aliphatic carbocycles. The maximum Gasteiger partial charge on any atom is 0.303 e. The molecule has 6 rings (SSSR count). The van der Waals surface area contributed by atoms with Crippen LogP contribution >= 0.6 is 0 Å². The number of hydrogen-bond acceptors (Lipinski definition) is 18. The first kappa shape index (κ1) is 37.7. The number of carbonyl (C=O) groups is 1. The lowest BCUT2D eigenvalue weighted by Crippen LogP contribution is -2.58. The first-order chi connectivity index (χ1) is 24.6. The fourth-order valence-corrected chi connectivity index (χ4v) is 6.25. The monoisotopic (exact) mass is 736 g/mol. The van der Waals surface area contributed by atoms with Gasteiger partial charge in [-0.3, -0.25) is 9.59 Å². The second-order valence-electron chi connectivity index (χ2n) is 12.9. The zero-order valence-corrected chi connectivity index (χ0v) is 28.0. The van der Waals surface area contributed by atoms with E-state index in [1.807, 2.05) is 0 Å². The van der Waals surface area contributed by atoms with E-state index < -0.39 is 103 Å². The summed E-state index contributed by atoms with van der Waals surface area (Å²) in [6.07, 6.45) is -17.8. The number of hydrogen-bond donors (Lipinski definition) is 8. The zero-order valence-electron chi connectivity index (χ0n) is 28.0. The smallest absolute Gasteiger partial charge is 0.303 e. The SMILES string of the molecule is CC(=O)OC1C(C)OC(Oc2c(-c3ccc(O)cc3)oc3cc(OC4OC(C)C(O)C(O)C4O)cc(O)c3c2=O)CC1OC1OCC(O)C(O)C1O. The number of aliphatic hydroxyl groups excluding tert-OH is 6. The highest BCUT2D eigenvalue weighted by atomic mass is 16.7. The molecule has 3 aromatic rings. The van der Waals surface area contributed by atoms with Crippen LogP contribution in [0.2, 0.25) is 0 Å². The van der Waals surface area contributed by atoms with Crippen molar-refractivity contribution in [1.29, 1.82) is 0 Å². The van der Waals surface area contributed by atoms with Crippen molar-refractivity contribution in [2.24, 2.45) is 0 Å². The second kappa shape index (κ2) is 15.1. The maximum absolute atomic E-state index is 14.1. The van der Waals surface area contributed by atoms with Crippen molar-refractivity contribution in [2.75, 3.05) is 6.61 Å². The normalized spacial score (nSPS) is 35.2. The number of aromatic hydroxyl groups is 2. The predicted octanol–water partition coefficient (Wildman–Crippen LogP) is -0.653. The Hall–Kier alpha value is -4.08. The standard InChI is InChI=1S/C34H40O18/c1-12-24(39)27(42)29(44)34(47-12)49-17-8-18(37)23-20(9-17)50-31(15-4-6-16(36)7-5-15)32(26(23)41)52-22-10-21(30(13(2)46-22)48-14(3)35)51-33-28(43)25(40)19(38)11-45-33/h4-9,12-13,19,21-22,24-25,27-30,33-34,36-40,42-44H,10-11H2,1-3H3. The van der Waals surface area contributed by atoms with Crippen LogP contribution in [0.4, 0.5) is 0 Å². The number of phenolic OH excluding ortho intramolecular Hbond substituents is 2. The summed E-state index contributed by atoms with van der Waals surface area (Å²) in [5.41, 5.74) is -0.823. The van der Waals surface area contributed by atoms with Crippen LogP contribution in [-0.4, -0.2) is 133 Å². The molecule has 1 aromatic heterocycles. The molecule has 0 radical (unpaired) electrons. The van der Waals surface area contributed by atoms with Gasteiger partial charge in [-0.2, -0.15) is 0 Å². The number of carbonyl (C=O) groups excluding carboxylic acids is 1. The summed E-state index contributed by atoms with van der Waals surface area (Å²) in [5.74, 6) is -2.14. The highest BCUT2D eigenvalue weighted by Gasteiger charge is 2.47. The van der Waals surface area contributed by atoms with Crippen molar-refractivity contribution in [3.8, 4) is 34.3 Å². The van der Waals surface area contributed by atoms with E-state index in [1.165, 1.54) is 44.2 Å². The number of esters is 1. The lowest BCUT2D eigenvalue weighted by Gasteiger charge is -2.42. The van der Waals surface area contributed by atoms with Crippen molar-refractivity contribution in [1.82, 2.24) is 0 Å². The molecule has 3 aliphatic rings. The van der Waals surface area contributed by atoms with Gasteiger partial charge in [0.25, 0.3) is 0 Å². The second-order valence-corrected chi connectivity index (χ2v) is 12.9. The molecule has 0 bridgehead atoms. The van der Waals surface area contributed by atoms with E-state index in [-0.39, 0.29) is 46.8 Å². The Balaban J connectivity index is 1.35. The minimum absolute atomic E-state index is 0.0963. The van der Waals surface area contributed by atoms with E-state index in [0.29, 0.717) is 0 Å². The molecule has 2 aromatic carbocycles. The van der Waals surface area contributed by atoms with Crippen LogP contribution in [0.1, 0.15) is 27.2 Å². The van der Waals surface area contributed by atoms with Gasteiger partial charge in [0.2, 0.25) is 23.8 Å². The molecule has 3 saturated heterocycles.